The summed E-state index contributed by atoms with van der Waals surface area (Å²) in [7, 11) is 0. The maximum Gasteiger partial charge on any atom is 0.251 e. The van der Waals surface area contributed by atoms with Gasteiger partial charge in [-0.05, 0) is 65.1 Å². The first-order valence-electron chi connectivity index (χ1n) is 10.9. The Morgan fingerprint density at radius 3 is 2.44 bits per heavy atom. The number of carbonyl (C=O) groups excluding carboxylic acids is 1. The molecule has 7 heteroatoms. The van der Waals surface area contributed by atoms with E-state index in [9.17, 15) is 4.79 Å². The number of hydrogen-bond donors (Lipinski definition) is 1. The number of carbonyl (C=O) groups is 1. The molecule has 3 saturated heterocycles. The molecule has 0 aromatic carbocycles. The first kappa shape index (κ1) is 20.4. The number of aliphatic imine (C=N–C) groups is 1. The van der Waals surface area contributed by atoms with Crippen molar-refractivity contribution in [2.24, 2.45) is 4.99 Å². The predicted molar refractivity (Wildman–Crippen MR) is 108 cm³/mol. The van der Waals surface area contributed by atoms with E-state index in [1.165, 1.54) is 38.9 Å². The van der Waals surface area contributed by atoms with E-state index >= 15 is 0 Å². The van der Waals surface area contributed by atoms with Gasteiger partial charge in [0.2, 0.25) is 0 Å². The van der Waals surface area contributed by atoms with Crippen molar-refractivity contribution in [2.45, 2.75) is 51.6 Å². The van der Waals surface area contributed by atoms with Crippen LogP contribution in [0.25, 0.3) is 0 Å². The van der Waals surface area contributed by atoms with Gasteiger partial charge >= 0.3 is 0 Å². The smallest absolute Gasteiger partial charge is 0.251 e. The Morgan fingerprint density at radius 2 is 1.78 bits per heavy atom. The Kier molecular flexibility index (Phi) is 8.20. The molecule has 0 radical (unpaired) electrons. The third-order valence-corrected chi connectivity index (χ3v) is 5.77. The first-order valence-corrected chi connectivity index (χ1v) is 10.9. The van der Waals surface area contributed by atoms with Crippen LogP contribution in [0, 0.1) is 0 Å². The molecular weight excluding hydrogens is 342 g/mol. The van der Waals surface area contributed by atoms with Crippen molar-refractivity contribution in [2.75, 3.05) is 65.5 Å². The summed E-state index contributed by atoms with van der Waals surface area (Å²) in [6, 6.07) is 0. The molecule has 0 aromatic heterocycles. The highest BCUT2D eigenvalue weighted by Crippen LogP contribution is 2.16. The van der Waals surface area contributed by atoms with Gasteiger partial charge in [-0.1, -0.05) is 0 Å². The monoisotopic (exact) mass is 379 g/mol. The Morgan fingerprint density at radius 1 is 1.04 bits per heavy atom. The molecule has 154 valence electrons. The number of nitrogens with one attached hydrogen (secondary N) is 1. The fraction of sp³-hybridized carbons (Fsp3) is 0.900. The molecule has 1 N–H and O–H groups in total. The van der Waals surface area contributed by atoms with Crippen LogP contribution in [0.4, 0.5) is 0 Å². The van der Waals surface area contributed by atoms with Crippen molar-refractivity contribution >= 4 is 11.9 Å². The van der Waals surface area contributed by atoms with E-state index in [4.69, 9.17) is 9.73 Å². The molecule has 0 bridgehead atoms. The zero-order valence-corrected chi connectivity index (χ0v) is 17.0. The van der Waals surface area contributed by atoms with Crippen LogP contribution in [-0.4, -0.2) is 98.2 Å². The SMILES string of the molecule is CCNC(=NCCCCN1CCCC1)N1CCN(C(=O)C2CCCO2)CC1. The fourth-order valence-electron chi connectivity index (χ4n) is 4.18. The molecule has 3 heterocycles. The number of hydrogen-bond acceptors (Lipinski definition) is 4. The molecule has 3 aliphatic heterocycles. The lowest BCUT2D eigenvalue weighted by Gasteiger charge is -2.37. The van der Waals surface area contributed by atoms with Crippen molar-refractivity contribution in [3.05, 3.63) is 0 Å². The van der Waals surface area contributed by atoms with Crippen LogP contribution in [0.5, 0.6) is 0 Å². The molecule has 1 atom stereocenters. The lowest BCUT2D eigenvalue weighted by Crippen LogP contribution is -2.55. The van der Waals surface area contributed by atoms with Gasteiger partial charge in [0.15, 0.2) is 5.96 Å². The van der Waals surface area contributed by atoms with Crippen LogP contribution in [0.3, 0.4) is 0 Å². The second-order valence-corrected chi connectivity index (χ2v) is 7.81. The molecule has 1 unspecified atom stereocenters. The Labute approximate surface area is 164 Å². The molecule has 3 aliphatic rings. The van der Waals surface area contributed by atoms with E-state index in [-0.39, 0.29) is 12.0 Å². The number of piperazine rings is 1. The van der Waals surface area contributed by atoms with Gasteiger partial charge in [0.05, 0.1) is 0 Å². The molecule has 3 rings (SSSR count). The summed E-state index contributed by atoms with van der Waals surface area (Å²) >= 11 is 0. The van der Waals surface area contributed by atoms with Gasteiger partial charge in [-0.25, -0.2) is 0 Å². The number of guanidine groups is 1. The molecule has 0 aliphatic carbocycles. The third-order valence-electron chi connectivity index (χ3n) is 5.77. The molecule has 0 aromatic rings. The molecule has 0 spiro atoms. The molecular formula is C20H37N5O2. The van der Waals surface area contributed by atoms with Crippen molar-refractivity contribution < 1.29 is 9.53 Å². The lowest BCUT2D eigenvalue weighted by atomic mass is 10.2. The summed E-state index contributed by atoms with van der Waals surface area (Å²) in [6.45, 7) is 11.6. The highest BCUT2D eigenvalue weighted by molar-refractivity contribution is 5.82. The van der Waals surface area contributed by atoms with Crippen LogP contribution < -0.4 is 5.32 Å². The second kappa shape index (κ2) is 10.9. The van der Waals surface area contributed by atoms with Gasteiger partial charge in [0, 0.05) is 45.9 Å². The quantitative estimate of drug-likeness (QED) is 0.409. The van der Waals surface area contributed by atoms with Gasteiger partial charge in [-0.3, -0.25) is 9.79 Å². The number of nitrogens with zero attached hydrogens (tertiary/aromatic N) is 4. The van der Waals surface area contributed by atoms with Gasteiger partial charge in [0.25, 0.3) is 5.91 Å². The average Bonchev–Trinajstić information content (AvgIpc) is 3.40. The lowest BCUT2D eigenvalue weighted by molar-refractivity contribution is -0.142. The molecule has 7 nitrogen and oxygen atoms in total. The van der Waals surface area contributed by atoms with Crippen molar-refractivity contribution in [3.63, 3.8) is 0 Å². The minimum absolute atomic E-state index is 0.177. The normalized spacial score (nSPS) is 24.6. The van der Waals surface area contributed by atoms with Crippen LogP contribution in [0.1, 0.15) is 45.4 Å². The van der Waals surface area contributed by atoms with E-state index in [0.717, 1.165) is 71.1 Å². The summed E-state index contributed by atoms with van der Waals surface area (Å²) in [5.74, 6) is 1.18. The summed E-state index contributed by atoms with van der Waals surface area (Å²) in [5.41, 5.74) is 0. The summed E-state index contributed by atoms with van der Waals surface area (Å²) < 4.78 is 5.55. The second-order valence-electron chi connectivity index (χ2n) is 7.81. The van der Waals surface area contributed by atoms with Crippen molar-refractivity contribution in [3.8, 4) is 0 Å². The van der Waals surface area contributed by atoms with E-state index in [1.54, 1.807) is 0 Å². The minimum Gasteiger partial charge on any atom is -0.368 e. The Hall–Kier alpha value is -1.34. The highest BCUT2D eigenvalue weighted by atomic mass is 16.5. The topological polar surface area (TPSA) is 60.4 Å². The Balaban J connectivity index is 1.39. The number of unbranched alkanes of at least 4 members (excludes halogenated alkanes) is 1. The standard InChI is InChI=1S/C20H37N5O2/c1-2-21-20(22-9-3-4-10-23-11-5-6-12-23)25-15-13-24(14-16-25)19(26)18-8-7-17-27-18/h18H,2-17H2,1H3,(H,21,22). The van der Waals surface area contributed by atoms with Gasteiger partial charge in [0.1, 0.15) is 6.10 Å². The number of rotatable bonds is 7. The maximum atomic E-state index is 12.5. The van der Waals surface area contributed by atoms with E-state index in [2.05, 4.69) is 22.0 Å². The highest BCUT2D eigenvalue weighted by Gasteiger charge is 2.30. The molecule has 3 fully saturated rings. The van der Waals surface area contributed by atoms with Crippen LogP contribution in [0.15, 0.2) is 4.99 Å². The average molecular weight is 380 g/mol. The molecule has 0 saturated carbocycles. The number of amides is 1. The van der Waals surface area contributed by atoms with Crippen LogP contribution in [-0.2, 0) is 9.53 Å². The summed E-state index contributed by atoms with van der Waals surface area (Å²) in [6.07, 6.45) is 6.78. The Bertz CT molecular complexity index is 479. The number of ether oxygens (including phenoxy) is 1. The van der Waals surface area contributed by atoms with Gasteiger partial charge < -0.3 is 24.8 Å². The first-order chi connectivity index (χ1) is 13.3. The maximum absolute atomic E-state index is 12.5. The number of likely N-dealkylation sites (tertiary alicyclic amines) is 1. The van der Waals surface area contributed by atoms with Crippen LogP contribution in [0.2, 0.25) is 0 Å². The molecule has 1 amide bonds. The van der Waals surface area contributed by atoms with E-state index in [0.29, 0.717) is 0 Å². The van der Waals surface area contributed by atoms with Crippen molar-refractivity contribution in [1.82, 2.24) is 20.0 Å². The summed E-state index contributed by atoms with van der Waals surface area (Å²) in [5, 5.41) is 3.42. The fourth-order valence-corrected chi connectivity index (χ4v) is 4.18. The van der Waals surface area contributed by atoms with Gasteiger partial charge in [-0.15, -0.1) is 0 Å². The third kappa shape index (κ3) is 6.07. The van der Waals surface area contributed by atoms with Gasteiger partial charge in [-0.2, -0.15) is 0 Å². The van der Waals surface area contributed by atoms with E-state index < -0.39 is 0 Å². The zero-order chi connectivity index (χ0) is 18.9. The minimum atomic E-state index is -0.200. The molecule has 27 heavy (non-hydrogen) atoms. The zero-order valence-electron chi connectivity index (χ0n) is 17.0. The van der Waals surface area contributed by atoms with Crippen molar-refractivity contribution in [1.29, 1.82) is 0 Å². The predicted octanol–water partition coefficient (Wildman–Crippen LogP) is 1.15. The summed E-state index contributed by atoms with van der Waals surface area (Å²) in [4.78, 5) is 24.1. The largest absolute Gasteiger partial charge is 0.368 e. The van der Waals surface area contributed by atoms with E-state index in [1.807, 2.05) is 4.90 Å². The van der Waals surface area contributed by atoms with Crippen LogP contribution >= 0.6 is 0 Å².